The summed E-state index contributed by atoms with van der Waals surface area (Å²) in [6.45, 7) is 4.40. The molecule has 1 heterocycles. The first-order valence-corrected chi connectivity index (χ1v) is 8.64. The first-order chi connectivity index (χ1) is 10.5. The van der Waals surface area contributed by atoms with E-state index in [0.29, 0.717) is 5.92 Å². The van der Waals surface area contributed by atoms with Crippen molar-refractivity contribution in [1.29, 1.82) is 0 Å². The number of hydrogen-bond donors (Lipinski definition) is 1. The predicted octanol–water partition coefficient (Wildman–Crippen LogP) is 4.05. The van der Waals surface area contributed by atoms with Crippen LogP contribution in [0.5, 0.6) is 0 Å². The fraction of sp³-hybridized carbons (Fsp3) is 0.588. The maximum Gasteiger partial charge on any atom is 0.226 e. The van der Waals surface area contributed by atoms with E-state index < -0.39 is 0 Å². The average Bonchev–Trinajstić information content (AvgIpc) is 2.51. The zero-order chi connectivity index (χ0) is 16.1. The van der Waals surface area contributed by atoms with Crippen molar-refractivity contribution in [2.24, 2.45) is 11.8 Å². The Balaban J connectivity index is 0.00000264. The Hall–Kier alpha value is -0.480. The van der Waals surface area contributed by atoms with Crippen molar-refractivity contribution in [3.63, 3.8) is 0 Å². The molecular weight excluding hydrogens is 355 g/mol. The molecule has 1 aliphatic heterocycles. The summed E-state index contributed by atoms with van der Waals surface area (Å²) in [4.78, 5) is 14.3. The van der Waals surface area contributed by atoms with Crippen molar-refractivity contribution < 1.29 is 4.79 Å². The topological polar surface area (TPSA) is 32.3 Å². The Bertz CT molecular complexity index is 517. The van der Waals surface area contributed by atoms with Gasteiger partial charge in [-0.05, 0) is 56.0 Å². The van der Waals surface area contributed by atoms with Gasteiger partial charge in [0.05, 0.1) is 0 Å². The van der Waals surface area contributed by atoms with E-state index in [2.05, 4.69) is 5.32 Å². The Morgan fingerprint density at radius 1 is 1.35 bits per heavy atom. The number of piperidine rings is 1. The molecule has 1 unspecified atom stereocenters. The quantitative estimate of drug-likeness (QED) is 0.837. The van der Waals surface area contributed by atoms with Crippen LogP contribution in [0.1, 0.15) is 25.3 Å². The number of nitrogens with zero attached hydrogens (tertiary/aromatic N) is 1. The minimum atomic E-state index is 0. The van der Waals surface area contributed by atoms with Crippen LogP contribution in [0.3, 0.4) is 0 Å². The molecule has 0 radical (unpaired) electrons. The van der Waals surface area contributed by atoms with Gasteiger partial charge in [-0.25, -0.2) is 0 Å². The third-order valence-electron chi connectivity index (χ3n) is 4.37. The molecule has 0 spiro atoms. The van der Waals surface area contributed by atoms with E-state index in [0.717, 1.165) is 54.5 Å². The molecule has 1 amide bonds. The minimum absolute atomic E-state index is 0. The molecule has 0 aliphatic carbocycles. The van der Waals surface area contributed by atoms with Crippen molar-refractivity contribution >= 4 is 41.5 Å². The minimum Gasteiger partial charge on any atom is -0.342 e. The second kappa shape index (κ2) is 9.73. The fourth-order valence-corrected chi connectivity index (χ4v) is 3.46. The van der Waals surface area contributed by atoms with Gasteiger partial charge in [0.1, 0.15) is 0 Å². The first-order valence-electron chi connectivity index (χ1n) is 7.88. The highest BCUT2D eigenvalue weighted by molar-refractivity contribution is 6.33. The highest BCUT2D eigenvalue weighted by Gasteiger charge is 2.26. The van der Waals surface area contributed by atoms with E-state index in [1.54, 1.807) is 0 Å². The maximum atomic E-state index is 12.3. The highest BCUT2D eigenvalue weighted by atomic mass is 35.5. The normalized spacial score (nSPS) is 16.8. The average molecular weight is 380 g/mol. The standard InChI is InChI=1S/C17H24Cl2N2O.ClH/c1-12(11-20-2)17(22)21-7-5-13(6-8-21)9-14-10-15(18)3-4-16(14)19;/h3-4,10,12-13,20H,5-9,11H2,1-2H3;1H. The smallest absolute Gasteiger partial charge is 0.226 e. The molecule has 130 valence electrons. The van der Waals surface area contributed by atoms with E-state index in [1.807, 2.05) is 37.1 Å². The zero-order valence-corrected chi connectivity index (χ0v) is 16.0. The summed E-state index contributed by atoms with van der Waals surface area (Å²) in [5.74, 6) is 0.872. The van der Waals surface area contributed by atoms with Gasteiger partial charge in [-0.2, -0.15) is 0 Å². The van der Waals surface area contributed by atoms with Gasteiger partial charge in [-0.1, -0.05) is 30.1 Å². The van der Waals surface area contributed by atoms with Crippen LogP contribution in [-0.2, 0) is 11.2 Å². The number of hydrogen-bond acceptors (Lipinski definition) is 2. The summed E-state index contributed by atoms with van der Waals surface area (Å²) in [5.41, 5.74) is 1.11. The molecule has 0 saturated carbocycles. The molecule has 1 aromatic carbocycles. The molecule has 2 rings (SSSR count). The third-order valence-corrected chi connectivity index (χ3v) is 4.98. The van der Waals surface area contributed by atoms with E-state index in [4.69, 9.17) is 23.2 Å². The molecule has 1 saturated heterocycles. The van der Waals surface area contributed by atoms with Gasteiger partial charge in [0.25, 0.3) is 0 Å². The molecule has 3 nitrogen and oxygen atoms in total. The van der Waals surface area contributed by atoms with Gasteiger partial charge in [0.2, 0.25) is 5.91 Å². The summed E-state index contributed by atoms with van der Waals surface area (Å²) in [6.07, 6.45) is 3.00. The number of rotatable bonds is 5. The van der Waals surface area contributed by atoms with Crippen LogP contribution in [0.15, 0.2) is 18.2 Å². The molecule has 6 heteroatoms. The fourth-order valence-electron chi connectivity index (χ4n) is 3.07. The Labute approximate surface area is 155 Å². The SMILES string of the molecule is CNCC(C)C(=O)N1CCC(Cc2cc(Cl)ccc2Cl)CC1.Cl. The monoisotopic (exact) mass is 378 g/mol. The molecule has 1 aromatic rings. The second-order valence-corrected chi connectivity index (χ2v) is 7.01. The Morgan fingerprint density at radius 3 is 2.61 bits per heavy atom. The number of halogens is 3. The molecule has 0 bridgehead atoms. The largest absolute Gasteiger partial charge is 0.342 e. The first kappa shape index (κ1) is 20.6. The van der Waals surface area contributed by atoms with E-state index in [1.165, 1.54) is 0 Å². The lowest BCUT2D eigenvalue weighted by atomic mass is 9.89. The number of nitrogens with one attached hydrogen (secondary N) is 1. The lowest BCUT2D eigenvalue weighted by Gasteiger charge is -2.33. The summed E-state index contributed by atoms with van der Waals surface area (Å²) >= 11 is 12.3. The Kier molecular flexibility index (Phi) is 8.70. The molecule has 23 heavy (non-hydrogen) atoms. The van der Waals surface area contributed by atoms with Crippen LogP contribution in [0.4, 0.5) is 0 Å². The van der Waals surface area contributed by atoms with Crippen molar-refractivity contribution in [1.82, 2.24) is 10.2 Å². The van der Waals surface area contributed by atoms with Gasteiger partial charge >= 0.3 is 0 Å². The van der Waals surface area contributed by atoms with Gasteiger partial charge in [0, 0.05) is 35.6 Å². The van der Waals surface area contributed by atoms with Crippen LogP contribution < -0.4 is 5.32 Å². The number of carbonyl (C=O) groups excluding carboxylic acids is 1. The lowest BCUT2D eigenvalue weighted by Crippen LogP contribution is -2.43. The summed E-state index contributed by atoms with van der Waals surface area (Å²) in [5, 5.41) is 4.58. The van der Waals surface area contributed by atoms with Crippen molar-refractivity contribution in [2.75, 3.05) is 26.7 Å². The van der Waals surface area contributed by atoms with Crippen LogP contribution in [-0.4, -0.2) is 37.5 Å². The van der Waals surface area contributed by atoms with Crippen molar-refractivity contribution in [3.8, 4) is 0 Å². The molecule has 0 aromatic heterocycles. The van der Waals surface area contributed by atoms with Crippen molar-refractivity contribution in [2.45, 2.75) is 26.2 Å². The van der Waals surface area contributed by atoms with Gasteiger partial charge in [-0.15, -0.1) is 12.4 Å². The van der Waals surface area contributed by atoms with Crippen LogP contribution >= 0.6 is 35.6 Å². The maximum absolute atomic E-state index is 12.3. The van der Waals surface area contributed by atoms with Crippen LogP contribution in [0.25, 0.3) is 0 Å². The number of amides is 1. The highest BCUT2D eigenvalue weighted by Crippen LogP contribution is 2.28. The number of carbonyl (C=O) groups is 1. The van der Waals surface area contributed by atoms with E-state index in [9.17, 15) is 4.79 Å². The van der Waals surface area contributed by atoms with Crippen LogP contribution in [0, 0.1) is 11.8 Å². The summed E-state index contributed by atoms with van der Waals surface area (Å²) in [7, 11) is 1.88. The van der Waals surface area contributed by atoms with Crippen molar-refractivity contribution in [3.05, 3.63) is 33.8 Å². The van der Waals surface area contributed by atoms with Gasteiger partial charge in [-0.3, -0.25) is 4.79 Å². The predicted molar refractivity (Wildman–Crippen MR) is 99.8 cm³/mol. The summed E-state index contributed by atoms with van der Waals surface area (Å²) < 4.78 is 0. The van der Waals surface area contributed by atoms with Crippen LogP contribution in [0.2, 0.25) is 10.0 Å². The van der Waals surface area contributed by atoms with Gasteiger partial charge in [0.15, 0.2) is 0 Å². The zero-order valence-electron chi connectivity index (χ0n) is 13.6. The van der Waals surface area contributed by atoms with E-state index in [-0.39, 0.29) is 24.2 Å². The third kappa shape index (κ3) is 5.82. The molecule has 1 N–H and O–H groups in total. The molecule has 1 aliphatic rings. The van der Waals surface area contributed by atoms with E-state index >= 15 is 0 Å². The Morgan fingerprint density at radius 2 is 2.00 bits per heavy atom. The number of benzene rings is 1. The number of likely N-dealkylation sites (tertiary alicyclic amines) is 1. The summed E-state index contributed by atoms with van der Waals surface area (Å²) in [6, 6.07) is 5.63. The van der Waals surface area contributed by atoms with Gasteiger partial charge < -0.3 is 10.2 Å². The molecule has 1 atom stereocenters. The molecule has 1 fully saturated rings. The second-order valence-electron chi connectivity index (χ2n) is 6.17. The molecular formula is C17H25Cl3N2O. The lowest BCUT2D eigenvalue weighted by molar-refractivity contribution is -0.136.